The van der Waals surface area contributed by atoms with Gasteiger partial charge in [-0.05, 0) is 31.2 Å². The van der Waals surface area contributed by atoms with Gasteiger partial charge in [-0.25, -0.2) is 8.78 Å². The van der Waals surface area contributed by atoms with Crippen molar-refractivity contribution in [3.05, 3.63) is 35.4 Å². The Hall–Kier alpha value is -1.00. The van der Waals surface area contributed by atoms with Crippen LogP contribution < -0.4 is 5.73 Å². The van der Waals surface area contributed by atoms with Crippen molar-refractivity contribution in [1.82, 2.24) is 4.90 Å². The molecule has 0 saturated carbocycles. The molecule has 2 N–H and O–H groups in total. The van der Waals surface area contributed by atoms with Crippen LogP contribution in [-0.4, -0.2) is 25.0 Å². The van der Waals surface area contributed by atoms with E-state index in [4.69, 9.17) is 5.73 Å². The lowest BCUT2D eigenvalue weighted by molar-refractivity contribution is 0.211. The first-order chi connectivity index (χ1) is 8.49. The summed E-state index contributed by atoms with van der Waals surface area (Å²) in [5.74, 6) is -0.328. The van der Waals surface area contributed by atoms with E-state index in [1.807, 2.05) is 11.9 Å². The average molecular weight is 256 g/mol. The zero-order chi connectivity index (χ0) is 13.7. The fourth-order valence-electron chi connectivity index (χ4n) is 2.06. The highest BCUT2D eigenvalue weighted by Crippen LogP contribution is 2.23. The van der Waals surface area contributed by atoms with Crippen LogP contribution in [0.3, 0.4) is 0 Å². The van der Waals surface area contributed by atoms with Crippen LogP contribution >= 0.6 is 0 Å². The van der Waals surface area contributed by atoms with Gasteiger partial charge < -0.3 is 5.73 Å². The Bertz CT molecular complexity index is 382. The number of benzene rings is 1. The molecule has 0 saturated heterocycles. The molecule has 0 bridgehead atoms. The molecule has 0 spiro atoms. The molecule has 102 valence electrons. The topological polar surface area (TPSA) is 29.3 Å². The van der Waals surface area contributed by atoms with Crippen LogP contribution in [0.1, 0.15) is 31.9 Å². The Labute approximate surface area is 108 Å². The number of rotatable bonds is 6. The van der Waals surface area contributed by atoms with Gasteiger partial charge in [-0.15, -0.1) is 0 Å². The Morgan fingerprint density at radius 3 is 2.56 bits per heavy atom. The first-order valence-corrected chi connectivity index (χ1v) is 6.34. The van der Waals surface area contributed by atoms with Crippen LogP contribution in [0.15, 0.2) is 18.2 Å². The molecule has 0 aliphatic heterocycles. The summed E-state index contributed by atoms with van der Waals surface area (Å²) in [6, 6.07) is 3.24. The van der Waals surface area contributed by atoms with Gasteiger partial charge in [-0.3, -0.25) is 4.90 Å². The van der Waals surface area contributed by atoms with Crippen LogP contribution in [0, 0.1) is 17.6 Å². The molecule has 18 heavy (non-hydrogen) atoms. The number of hydrogen-bond donors (Lipinski definition) is 1. The van der Waals surface area contributed by atoms with Gasteiger partial charge in [-0.1, -0.05) is 20.3 Å². The van der Waals surface area contributed by atoms with Gasteiger partial charge in [0.2, 0.25) is 0 Å². The standard InChI is InChI=1S/C14H22F2N2/c1-4-10(2)9-18(3)14(8-17)12-7-11(15)5-6-13(12)16/h5-7,10,14H,4,8-9,17H2,1-3H3. The molecular formula is C14H22F2N2. The van der Waals surface area contributed by atoms with Crippen molar-refractivity contribution in [3.63, 3.8) is 0 Å². The summed E-state index contributed by atoms with van der Waals surface area (Å²) in [6.07, 6.45) is 1.05. The summed E-state index contributed by atoms with van der Waals surface area (Å²) in [7, 11) is 1.90. The highest BCUT2D eigenvalue weighted by atomic mass is 19.1. The molecule has 2 atom stereocenters. The Morgan fingerprint density at radius 1 is 1.33 bits per heavy atom. The highest BCUT2D eigenvalue weighted by molar-refractivity contribution is 5.22. The van der Waals surface area contributed by atoms with E-state index >= 15 is 0 Å². The van der Waals surface area contributed by atoms with Crippen molar-refractivity contribution in [2.24, 2.45) is 11.7 Å². The van der Waals surface area contributed by atoms with Gasteiger partial charge in [0.05, 0.1) is 0 Å². The lowest BCUT2D eigenvalue weighted by atomic mass is 10.0. The number of nitrogens with zero attached hydrogens (tertiary/aromatic N) is 1. The highest BCUT2D eigenvalue weighted by Gasteiger charge is 2.20. The van der Waals surface area contributed by atoms with Crippen LogP contribution in [0.5, 0.6) is 0 Å². The maximum atomic E-state index is 13.7. The zero-order valence-electron chi connectivity index (χ0n) is 11.3. The normalized spacial score (nSPS) is 14.8. The molecule has 0 fully saturated rings. The van der Waals surface area contributed by atoms with E-state index in [9.17, 15) is 8.78 Å². The van der Waals surface area contributed by atoms with Crippen molar-refractivity contribution in [3.8, 4) is 0 Å². The van der Waals surface area contributed by atoms with E-state index in [2.05, 4.69) is 13.8 Å². The molecule has 4 heteroatoms. The summed E-state index contributed by atoms with van der Waals surface area (Å²) in [5, 5.41) is 0. The molecule has 2 nitrogen and oxygen atoms in total. The minimum atomic E-state index is -0.429. The molecule has 0 aliphatic rings. The van der Waals surface area contributed by atoms with E-state index < -0.39 is 11.6 Å². The fraction of sp³-hybridized carbons (Fsp3) is 0.571. The van der Waals surface area contributed by atoms with Crippen molar-refractivity contribution >= 4 is 0 Å². The van der Waals surface area contributed by atoms with Crippen LogP contribution in [-0.2, 0) is 0 Å². The molecule has 2 unspecified atom stereocenters. The molecule has 1 aromatic rings. The predicted molar refractivity (Wildman–Crippen MR) is 70.2 cm³/mol. The number of likely N-dealkylation sites (N-methyl/N-ethyl adjacent to an activating group) is 1. The third-order valence-electron chi connectivity index (χ3n) is 3.37. The summed E-state index contributed by atoms with van der Waals surface area (Å²) >= 11 is 0. The second kappa shape index (κ2) is 6.81. The molecule has 0 aliphatic carbocycles. The zero-order valence-corrected chi connectivity index (χ0v) is 11.3. The van der Waals surface area contributed by atoms with Crippen molar-refractivity contribution < 1.29 is 8.78 Å². The Kier molecular flexibility index (Phi) is 5.69. The van der Waals surface area contributed by atoms with Gasteiger partial charge in [-0.2, -0.15) is 0 Å². The molecule has 0 amide bonds. The smallest absolute Gasteiger partial charge is 0.128 e. The summed E-state index contributed by atoms with van der Waals surface area (Å²) < 4.78 is 26.9. The SMILES string of the molecule is CCC(C)CN(C)C(CN)c1cc(F)ccc1F. The summed E-state index contributed by atoms with van der Waals surface area (Å²) in [6.45, 7) is 5.33. The van der Waals surface area contributed by atoms with Crippen LogP contribution in [0.2, 0.25) is 0 Å². The van der Waals surface area contributed by atoms with Crippen LogP contribution in [0.25, 0.3) is 0 Å². The minimum Gasteiger partial charge on any atom is -0.329 e. The van der Waals surface area contributed by atoms with Gasteiger partial charge in [0.25, 0.3) is 0 Å². The van der Waals surface area contributed by atoms with E-state index in [-0.39, 0.29) is 12.6 Å². The average Bonchev–Trinajstić information content (AvgIpc) is 2.34. The third-order valence-corrected chi connectivity index (χ3v) is 3.37. The van der Waals surface area contributed by atoms with Gasteiger partial charge in [0, 0.05) is 24.7 Å². The fourth-order valence-corrected chi connectivity index (χ4v) is 2.06. The Balaban J connectivity index is 2.91. The maximum Gasteiger partial charge on any atom is 0.128 e. The lowest BCUT2D eigenvalue weighted by Gasteiger charge is -2.29. The Morgan fingerprint density at radius 2 is 2.00 bits per heavy atom. The maximum absolute atomic E-state index is 13.7. The van der Waals surface area contributed by atoms with E-state index in [0.29, 0.717) is 11.5 Å². The third kappa shape index (κ3) is 3.75. The quantitative estimate of drug-likeness (QED) is 0.848. The molecule has 1 aromatic carbocycles. The first-order valence-electron chi connectivity index (χ1n) is 6.34. The molecular weight excluding hydrogens is 234 g/mol. The summed E-state index contributed by atoms with van der Waals surface area (Å²) in [4.78, 5) is 1.99. The van der Waals surface area contributed by atoms with Gasteiger partial charge >= 0.3 is 0 Å². The monoisotopic (exact) mass is 256 g/mol. The van der Waals surface area contributed by atoms with Gasteiger partial charge in [0.15, 0.2) is 0 Å². The second-order valence-electron chi connectivity index (χ2n) is 4.87. The van der Waals surface area contributed by atoms with E-state index in [0.717, 1.165) is 25.1 Å². The molecule has 0 heterocycles. The van der Waals surface area contributed by atoms with E-state index in [1.54, 1.807) is 0 Å². The van der Waals surface area contributed by atoms with Crippen molar-refractivity contribution in [2.75, 3.05) is 20.1 Å². The van der Waals surface area contributed by atoms with Crippen LogP contribution in [0.4, 0.5) is 8.78 Å². The largest absolute Gasteiger partial charge is 0.329 e. The molecule has 0 radical (unpaired) electrons. The number of hydrogen-bond acceptors (Lipinski definition) is 2. The van der Waals surface area contributed by atoms with Gasteiger partial charge in [0.1, 0.15) is 11.6 Å². The molecule has 1 rings (SSSR count). The first kappa shape index (κ1) is 15.1. The molecule has 0 aromatic heterocycles. The minimum absolute atomic E-state index is 0.271. The second-order valence-corrected chi connectivity index (χ2v) is 4.87. The van der Waals surface area contributed by atoms with E-state index in [1.165, 1.54) is 6.07 Å². The predicted octanol–water partition coefficient (Wildman–Crippen LogP) is 2.94. The summed E-state index contributed by atoms with van der Waals surface area (Å²) in [5.41, 5.74) is 6.05. The number of halogens is 2. The van der Waals surface area contributed by atoms with Crippen molar-refractivity contribution in [2.45, 2.75) is 26.3 Å². The number of nitrogens with two attached hydrogens (primary N) is 1. The lowest BCUT2D eigenvalue weighted by Crippen LogP contribution is -2.34. The van der Waals surface area contributed by atoms with Crippen molar-refractivity contribution in [1.29, 1.82) is 0 Å².